The van der Waals surface area contributed by atoms with E-state index in [0.29, 0.717) is 0 Å². The maximum absolute atomic E-state index is 6.46. The Morgan fingerprint density at radius 3 is 1.12 bits per heavy atom. The molecule has 3 heteroatoms. The first kappa shape index (κ1) is 28.8. The highest BCUT2D eigenvalue weighted by atomic mass is 16.3. The van der Waals surface area contributed by atoms with Crippen molar-refractivity contribution < 1.29 is 8.83 Å². The van der Waals surface area contributed by atoms with Crippen LogP contribution in [0.3, 0.4) is 0 Å². The third-order valence-electron chi connectivity index (χ3n) is 10.6. The maximum Gasteiger partial charge on any atom is 0.143 e. The number of rotatable bonds is 4. The van der Waals surface area contributed by atoms with Gasteiger partial charge in [0, 0.05) is 56.2 Å². The summed E-state index contributed by atoms with van der Waals surface area (Å²) in [5.74, 6) is 0. The van der Waals surface area contributed by atoms with Crippen LogP contribution in [0, 0.1) is 0 Å². The Kier molecular flexibility index (Phi) is 6.25. The molecule has 0 aliphatic rings. The minimum Gasteiger partial charge on any atom is -0.455 e. The van der Waals surface area contributed by atoms with Gasteiger partial charge < -0.3 is 8.83 Å². The summed E-state index contributed by atoms with van der Waals surface area (Å²) in [4.78, 5) is 4.81. The average Bonchev–Trinajstić information content (AvgIpc) is 3.79. The normalized spacial score (nSPS) is 11.8. The molecule has 0 bridgehead atoms. The zero-order valence-electron chi connectivity index (χ0n) is 28.0. The van der Waals surface area contributed by atoms with E-state index in [1.54, 1.807) is 0 Å². The number of pyridine rings is 1. The number of fused-ring (bicyclic) bond motifs is 8. The van der Waals surface area contributed by atoms with Crippen LogP contribution in [0.25, 0.3) is 110 Å². The van der Waals surface area contributed by atoms with Gasteiger partial charge >= 0.3 is 0 Å². The molecule has 11 aromatic rings. The second-order valence-corrected chi connectivity index (χ2v) is 13.4. The number of para-hydroxylation sites is 4. The van der Waals surface area contributed by atoms with Gasteiger partial charge in [0.05, 0.1) is 0 Å². The van der Waals surface area contributed by atoms with Crippen LogP contribution < -0.4 is 0 Å². The highest BCUT2D eigenvalue weighted by Gasteiger charge is 2.18. The molecule has 3 aromatic heterocycles. The van der Waals surface area contributed by atoms with Crippen molar-refractivity contribution in [1.29, 1.82) is 0 Å². The van der Waals surface area contributed by atoms with Gasteiger partial charge in [-0.2, -0.15) is 0 Å². The average molecular weight is 664 g/mol. The number of benzene rings is 8. The minimum absolute atomic E-state index is 0.904. The monoisotopic (exact) mass is 663 g/mol. The number of hydrogen-bond acceptors (Lipinski definition) is 3. The van der Waals surface area contributed by atoms with E-state index in [4.69, 9.17) is 13.8 Å². The van der Waals surface area contributed by atoms with Gasteiger partial charge in [0.1, 0.15) is 22.3 Å². The summed E-state index contributed by atoms with van der Waals surface area (Å²) in [5, 5.41) is 9.22. The van der Waals surface area contributed by atoms with Crippen molar-refractivity contribution in [1.82, 2.24) is 4.98 Å². The largest absolute Gasteiger partial charge is 0.455 e. The molecule has 0 unspecified atom stereocenters. The first-order valence-electron chi connectivity index (χ1n) is 17.6. The lowest BCUT2D eigenvalue weighted by Crippen LogP contribution is -1.90. The highest BCUT2D eigenvalue weighted by molar-refractivity contribution is 6.15. The standard InChI is InChI=1S/C49H29NO2/c1-3-13-36-34(11-1)32(23-25-38(36)42-17-9-19-44-40-15-5-7-21-46(40)51-48(42)44)30-27-31(29-50-28-30)33-24-26-39(37-14-4-2-12-35(33)37)43-18-10-20-45-41-16-6-8-22-47(41)52-49(43)45/h1-29H. The second-order valence-electron chi connectivity index (χ2n) is 13.4. The van der Waals surface area contributed by atoms with E-state index in [1.165, 1.54) is 21.5 Å². The van der Waals surface area contributed by atoms with Gasteiger partial charge in [0.2, 0.25) is 0 Å². The third kappa shape index (κ3) is 4.30. The predicted molar refractivity (Wildman–Crippen MR) is 216 cm³/mol. The summed E-state index contributed by atoms with van der Waals surface area (Å²) < 4.78 is 12.9. The van der Waals surface area contributed by atoms with Gasteiger partial charge in [-0.05, 0) is 62.0 Å². The van der Waals surface area contributed by atoms with E-state index in [1.807, 2.05) is 36.7 Å². The van der Waals surface area contributed by atoms with E-state index in [9.17, 15) is 0 Å². The predicted octanol–water partition coefficient (Wildman–Crippen LogP) is 13.9. The van der Waals surface area contributed by atoms with Crippen molar-refractivity contribution in [2.75, 3.05) is 0 Å². The van der Waals surface area contributed by atoms with Gasteiger partial charge in [-0.1, -0.05) is 146 Å². The van der Waals surface area contributed by atoms with Crippen LogP contribution in [0.15, 0.2) is 185 Å². The molecule has 242 valence electrons. The summed E-state index contributed by atoms with van der Waals surface area (Å²) in [6.07, 6.45) is 3.95. The van der Waals surface area contributed by atoms with E-state index < -0.39 is 0 Å². The van der Waals surface area contributed by atoms with Crippen LogP contribution in [-0.4, -0.2) is 4.98 Å². The lowest BCUT2D eigenvalue weighted by atomic mass is 9.89. The minimum atomic E-state index is 0.904. The Morgan fingerprint density at radius 2 is 0.654 bits per heavy atom. The summed E-state index contributed by atoms with van der Waals surface area (Å²) in [5.41, 5.74) is 12.5. The quantitative estimate of drug-likeness (QED) is 0.188. The lowest BCUT2D eigenvalue weighted by molar-refractivity contribution is 0.669. The van der Waals surface area contributed by atoms with Crippen LogP contribution in [0.4, 0.5) is 0 Å². The number of hydrogen-bond donors (Lipinski definition) is 0. The maximum atomic E-state index is 6.46. The Hall–Kier alpha value is -6.97. The fraction of sp³-hybridized carbons (Fsp3) is 0. The summed E-state index contributed by atoms with van der Waals surface area (Å²) in [6, 6.07) is 57.9. The van der Waals surface area contributed by atoms with Gasteiger partial charge in [0.25, 0.3) is 0 Å². The van der Waals surface area contributed by atoms with Crippen molar-refractivity contribution in [3.63, 3.8) is 0 Å². The van der Waals surface area contributed by atoms with Crippen LogP contribution in [-0.2, 0) is 0 Å². The van der Waals surface area contributed by atoms with Crippen molar-refractivity contribution in [3.8, 4) is 44.5 Å². The molecule has 0 atom stereocenters. The molecule has 3 heterocycles. The van der Waals surface area contributed by atoms with Gasteiger partial charge in [-0.15, -0.1) is 0 Å². The molecular formula is C49H29NO2. The fourth-order valence-corrected chi connectivity index (χ4v) is 8.22. The second kappa shape index (κ2) is 11.3. The Balaban J connectivity index is 1.05. The molecule has 0 radical (unpaired) electrons. The Labute approximate surface area is 299 Å². The summed E-state index contributed by atoms with van der Waals surface area (Å²) >= 11 is 0. The van der Waals surface area contributed by atoms with Gasteiger partial charge in [-0.3, -0.25) is 4.98 Å². The molecule has 0 aliphatic carbocycles. The van der Waals surface area contributed by atoms with Crippen LogP contribution in [0.2, 0.25) is 0 Å². The zero-order chi connectivity index (χ0) is 34.2. The fourth-order valence-electron chi connectivity index (χ4n) is 8.22. The van der Waals surface area contributed by atoms with E-state index in [0.717, 1.165) is 88.4 Å². The van der Waals surface area contributed by atoms with Crippen LogP contribution in [0.1, 0.15) is 0 Å². The molecule has 0 amide bonds. The summed E-state index contributed by atoms with van der Waals surface area (Å²) in [7, 11) is 0. The molecule has 0 spiro atoms. The molecule has 0 aliphatic heterocycles. The first-order valence-corrected chi connectivity index (χ1v) is 17.6. The smallest absolute Gasteiger partial charge is 0.143 e. The van der Waals surface area contributed by atoms with Gasteiger partial charge in [0.15, 0.2) is 0 Å². The van der Waals surface area contributed by atoms with Crippen LogP contribution >= 0.6 is 0 Å². The molecule has 0 saturated heterocycles. The molecule has 3 nitrogen and oxygen atoms in total. The molecule has 52 heavy (non-hydrogen) atoms. The van der Waals surface area contributed by atoms with Gasteiger partial charge in [-0.25, -0.2) is 0 Å². The number of nitrogens with zero attached hydrogens (tertiary/aromatic N) is 1. The number of furan rings is 2. The Morgan fingerprint density at radius 1 is 0.288 bits per heavy atom. The number of aromatic nitrogens is 1. The van der Waals surface area contributed by atoms with E-state index in [2.05, 4.69) is 140 Å². The third-order valence-corrected chi connectivity index (χ3v) is 10.6. The van der Waals surface area contributed by atoms with Crippen LogP contribution in [0.5, 0.6) is 0 Å². The molecule has 0 fully saturated rings. The van der Waals surface area contributed by atoms with E-state index in [-0.39, 0.29) is 0 Å². The highest BCUT2D eigenvalue weighted by Crippen LogP contribution is 2.43. The van der Waals surface area contributed by atoms with Crippen molar-refractivity contribution in [2.45, 2.75) is 0 Å². The molecule has 0 N–H and O–H groups in total. The van der Waals surface area contributed by atoms with Crippen molar-refractivity contribution in [3.05, 3.63) is 176 Å². The molecule has 0 saturated carbocycles. The van der Waals surface area contributed by atoms with Crippen molar-refractivity contribution in [2.24, 2.45) is 0 Å². The van der Waals surface area contributed by atoms with E-state index >= 15 is 0 Å². The zero-order valence-corrected chi connectivity index (χ0v) is 28.0. The molecule has 11 rings (SSSR count). The van der Waals surface area contributed by atoms with Crippen molar-refractivity contribution >= 4 is 65.4 Å². The lowest BCUT2D eigenvalue weighted by Gasteiger charge is -2.15. The molecule has 8 aromatic carbocycles. The first-order chi connectivity index (χ1) is 25.8. The Bertz CT molecular complexity index is 2990. The summed E-state index contributed by atoms with van der Waals surface area (Å²) in [6.45, 7) is 0. The molecular weight excluding hydrogens is 635 g/mol. The topological polar surface area (TPSA) is 39.2 Å². The SMILES string of the molecule is c1ccc2c(c1)oc1c(-c3ccc(-c4cncc(-c5ccc(-c6cccc7c6oc6ccccc67)c6ccccc56)c4)c4ccccc34)cccc12.